The smallest absolute Gasteiger partial charge is 0.462 e. The van der Waals surface area contributed by atoms with Gasteiger partial charge in [-0.1, -0.05) is 119 Å². The largest absolute Gasteiger partial charge is 0.472 e. The molecule has 0 aromatic heterocycles. The van der Waals surface area contributed by atoms with Gasteiger partial charge in [0.15, 0.2) is 6.10 Å². The predicted octanol–water partition coefficient (Wildman–Crippen LogP) is 5.88. The highest BCUT2D eigenvalue weighted by atomic mass is 31.2. The van der Waals surface area contributed by atoms with Gasteiger partial charge in [-0.3, -0.25) is 18.6 Å². The van der Waals surface area contributed by atoms with E-state index in [1.807, 2.05) is 6.92 Å². The molecule has 0 aromatic carbocycles. The second kappa shape index (κ2) is 34.5. The normalized spacial score (nSPS) is 32.0. The fourth-order valence-electron chi connectivity index (χ4n) is 7.63. The van der Waals surface area contributed by atoms with Crippen LogP contribution in [0.2, 0.25) is 0 Å². The Labute approximate surface area is 392 Å². The molecule has 1 aliphatic heterocycles. The second-order valence-electron chi connectivity index (χ2n) is 17.2. The second-order valence-corrected chi connectivity index (χ2v) is 18.6. The standard InChI is InChI=1S/C49H81O16P/c1-3-5-7-8-9-10-11-12-13-14-15-16-17-18-19-20-25-29-42(53)62-34-37-35-63-66(60,61)65-49-47(58)45(56)39(32-31-36(50)27-23-6-4-2)41(52)33-40(51)38(44(55)46(57)48(49)59)28-24-21-22-26-30-43(54)64-37/h5,7,9-10,12-13,15-16,21,24,31-32,36-41,44-52,55-59H,3-4,6,8,11,14,17-20,22-23,25-30,33-35H2,1-2H3,(H,60,61)/b7-5-,10-9-,13-12-,16-15-,24-21?,32-31+/t36-,37+,38-,39-,40-,41+,44+,45+,46-,47+,48+,49+/m0/s1. The van der Waals surface area contributed by atoms with Crippen LogP contribution in [0.5, 0.6) is 0 Å². The van der Waals surface area contributed by atoms with E-state index in [1.165, 1.54) is 12.2 Å². The highest BCUT2D eigenvalue weighted by Crippen LogP contribution is 2.47. The third-order valence-electron chi connectivity index (χ3n) is 11.6. The van der Waals surface area contributed by atoms with Gasteiger partial charge in [0.05, 0.1) is 37.1 Å². The molecule has 0 radical (unpaired) electrons. The maximum atomic E-state index is 13.5. The lowest BCUT2D eigenvalue weighted by Crippen LogP contribution is -2.55. The molecule has 16 nitrogen and oxygen atoms in total. The van der Waals surface area contributed by atoms with Crippen molar-refractivity contribution in [3.05, 3.63) is 72.9 Å². The summed E-state index contributed by atoms with van der Waals surface area (Å²) in [5.74, 6) is -4.06. The van der Waals surface area contributed by atoms with Gasteiger partial charge in [0.1, 0.15) is 31.0 Å². The highest BCUT2D eigenvalue weighted by molar-refractivity contribution is 7.47. The number of fused-ring (bicyclic) bond motifs is 4. The number of rotatable bonds is 22. The van der Waals surface area contributed by atoms with Crippen molar-refractivity contribution >= 4 is 19.8 Å². The van der Waals surface area contributed by atoms with Crippen LogP contribution in [0.1, 0.15) is 136 Å². The Balaban J connectivity index is 2.13. The molecule has 0 spiro atoms. The van der Waals surface area contributed by atoms with Crippen molar-refractivity contribution < 1.29 is 78.4 Å². The third kappa shape index (κ3) is 24.5. The summed E-state index contributed by atoms with van der Waals surface area (Å²) in [4.78, 5) is 36.4. The number of phosphoric ester groups is 1. The Morgan fingerprint density at radius 3 is 2.14 bits per heavy atom. The first-order valence-corrected chi connectivity index (χ1v) is 25.5. The van der Waals surface area contributed by atoms with Crippen LogP contribution < -0.4 is 0 Å². The fourth-order valence-corrected chi connectivity index (χ4v) is 8.60. The number of carbonyl (C=O) groups excluding carboxylic acids is 2. The molecule has 378 valence electrons. The maximum Gasteiger partial charge on any atom is 0.472 e. The first-order valence-electron chi connectivity index (χ1n) is 24.0. The van der Waals surface area contributed by atoms with Gasteiger partial charge in [0.25, 0.3) is 0 Å². The van der Waals surface area contributed by atoms with Gasteiger partial charge in [0.2, 0.25) is 0 Å². The van der Waals surface area contributed by atoms with Crippen LogP contribution >= 0.6 is 7.82 Å². The molecule has 9 N–H and O–H groups in total. The number of phosphoric acid groups is 1. The van der Waals surface area contributed by atoms with Gasteiger partial charge in [-0.05, 0) is 70.6 Å². The molecular formula is C49H81O16P. The number of aliphatic hydroxyl groups is 8. The van der Waals surface area contributed by atoms with E-state index in [1.54, 1.807) is 12.2 Å². The van der Waals surface area contributed by atoms with Crippen LogP contribution in [-0.4, -0.2) is 132 Å². The number of aliphatic hydroxyl groups excluding tert-OH is 8. The summed E-state index contributed by atoms with van der Waals surface area (Å²) in [5.41, 5.74) is 0. The Morgan fingerprint density at radius 2 is 1.45 bits per heavy atom. The molecule has 17 heteroatoms. The van der Waals surface area contributed by atoms with Gasteiger partial charge in [-0.15, -0.1) is 0 Å². The summed E-state index contributed by atoms with van der Waals surface area (Å²) in [5, 5.41) is 89.9. The molecule has 66 heavy (non-hydrogen) atoms. The van der Waals surface area contributed by atoms with Crippen molar-refractivity contribution in [3.63, 3.8) is 0 Å². The molecule has 0 amide bonds. The quantitative estimate of drug-likeness (QED) is 0.0265. The van der Waals surface area contributed by atoms with E-state index >= 15 is 0 Å². The molecule has 2 bridgehead atoms. The van der Waals surface area contributed by atoms with E-state index < -0.39 is 112 Å². The van der Waals surface area contributed by atoms with Gasteiger partial charge >= 0.3 is 19.8 Å². The summed E-state index contributed by atoms with van der Waals surface area (Å²) < 4.78 is 34.6. The summed E-state index contributed by atoms with van der Waals surface area (Å²) in [6, 6.07) is 0. The number of ether oxygens (including phenoxy) is 2. The van der Waals surface area contributed by atoms with E-state index in [0.29, 0.717) is 25.7 Å². The monoisotopic (exact) mass is 957 g/mol. The van der Waals surface area contributed by atoms with Gasteiger partial charge in [-0.25, -0.2) is 4.57 Å². The molecule has 13 atom stereocenters. The zero-order valence-corrected chi connectivity index (χ0v) is 39.9. The van der Waals surface area contributed by atoms with E-state index in [-0.39, 0.29) is 25.7 Å². The first kappa shape index (κ1) is 59.3. The van der Waals surface area contributed by atoms with E-state index in [9.17, 15) is 59.9 Å². The maximum absolute atomic E-state index is 13.5. The lowest BCUT2D eigenvalue weighted by Gasteiger charge is -2.37. The predicted molar refractivity (Wildman–Crippen MR) is 250 cm³/mol. The van der Waals surface area contributed by atoms with E-state index in [0.717, 1.165) is 64.2 Å². The van der Waals surface area contributed by atoms with Crippen molar-refractivity contribution in [2.75, 3.05) is 13.2 Å². The van der Waals surface area contributed by atoms with Crippen molar-refractivity contribution in [1.29, 1.82) is 0 Å². The lowest BCUT2D eigenvalue weighted by atomic mass is 9.83. The van der Waals surface area contributed by atoms with Crippen LogP contribution in [-0.2, 0) is 32.7 Å². The molecule has 0 aromatic rings. The Hall–Kier alpha value is -2.83. The fraction of sp³-hybridized carbons (Fsp3) is 0.714. The summed E-state index contributed by atoms with van der Waals surface area (Å²) in [7, 11) is -5.45. The van der Waals surface area contributed by atoms with Crippen LogP contribution in [0.4, 0.5) is 0 Å². The zero-order valence-electron chi connectivity index (χ0n) is 39.0. The molecule has 0 saturated heterocycles. The van der Waals surface area contributed by atoms with Gasteiger partial charge in [-0.2, -0.15) is 0 Å². The number of hydrogen-bond acceptors (Lipinski definition) is 15. The van der Waals surface area contributed by atoms with Gasteiger partial charge in [0, 0.05) is 31.1 Å². The van der Waals surface area contributed by atoms with Crippen molar-refractivity contribution in [2.24, 2.45) is 11.8 Å². The van der Waals surface area contributed by atoms with Crippen LogP contribution in [0.15, 0.2) is 72.9 Å². The molecule has 1 saturated carbocycles. The summed E-state index contributed by atoms with van der Waals surface area (Å²) in [6.45, 7) is 2.69. The average Bonchev–Trinajstić information content (AvgIpc) is 3.28. The minimum absolute atomic E-state index is 0.0774. The minimum Gasteiger partial charge on any atom is -0.462 e. The molecular weight excluding hydrogens is 875 g/mol. The SMILES string of the molecule is CC/C=C\C/C=C\C/C=C\C/C=C\CCCCCCC(=O)OC[C@@H]1COP(=O)(O)O[C@H]2[C@H](O)[C@@H](O)[C@H](O)[C@@H](CC=CCCCC(=O)O1)[C@@H](O)C[C@@H](O)[C@H](/C=C/[C@@H](O)CCCCC)[C@@H](O)[C@H]2O. The number of carbonyl (C=O) groups is 2. The zero-order chi connectivity index (χ0) is 48.7. The molecule has 1 heterocycles. The van der Waals surface area contributed by atoms with Crippen molar-refractivity contribution in [2.45, 2.75) is 197 Å². The Kier molecular flexibility index (Phi) is 31.0. The molecule has 2 aliphatic rings. The van der Waals surface area contributed by atoms with Crippen LogP contribution in [0.3, 0.4) is 0 Å². The molecule has 2 rings (SSSR count). The lowest BCUT2D eigenvalue weighted by molar-refractivity contribution is -0.167. The van der Waals surface area contributed by atoms with E-state index in [2.05, 4.69) is 55.5 Å². The van der Waals surface area contributed by atoms with Gasteiger partial charge < -0.3 is 55.2 Å². The van der Waals surface area contributed by atoms with Crippen molar-refractivity contribution in [3.8, 4) is 0 Å². The number of cyclic esters (lactones) is 1. The highest BCUT2D eigenvalue weighted by Gasteiger charge is 2.49. The average molecular weight is 957 g/mol. The molecule has 1 unspecified atom stereocenters. The number of unbranched alkanes of at least 4 members (excludes halogenated alkanes) is 6. The third-order valence-corrected chi connectivity index (χ3v) is 12.6. The molecule has 1 aliphatic carbocycles. The topological polar surface area (TPSA) is 270 Å². The molecule has 1 fully saturated rings. The van der Waals surface area contributed by atoms with Crippen molar-refractivity contribution in [1.82, 2.24) is 0 Å². The van der Waals surface area contributed by atoms with E-state index in [4.69, 9.17) is 18.5 Å². The minimum atomic E-state index is -5.45. The Morgan fingerprint density at radius 1 is 0.803 bits per heavy atom. The summed E-state index contributed by atoms with van der Waals surface area (Å²) in [6.07, 6.45) is 14.5. The van der Waals surface area contributed by atoms with Crippen LogP contribution in [0, 0.1) is 11.8 Å². The number of esters is 2. The summed E-state index contributed by atoms with van der Waals surface area (Å²) >= 11 is 0. The Bertz CT molecular complexity index is 1560. The number of allylic oxidation sites excluding steroid dienone is 10. The number of hydrogen-bond donors (Lipinski definition) is 9. The first-order chi connectivity index (χ1) is 31.6. The van der Waals surface area contributed by atoms with Crippen LogP contribution in [0.25, 0.3) is 0 Å².